The fourth-order valence-corrected chi connectivity index (χ4v) is 6.91. The van der Waals surface area contributed by atoms with Gasteiger partial charge in [0, 0.05) is 42.9 Å². The van der Waals surface area contributed by atoms with Crippen LogP contribution in [0.5, 0.6) is 0 Å². The van der Waals surface area contributed by atoms with Crippen LogP contribution < -0.4 is 10.2 Å². The molecule has 5 heterocycles. The highest BCUT2D eigenvalue weighted by molar-refractivity contribution is 7.89. The Balaban J connectivity index is 1.29. The Labute approximate surface area is 184 Å². The number of rotatable bonds is 6. The molecular weight excluding hydrogens is 434 g/mol. The maximum atomic E-state index is 12.7. The van der Waals surface area contributed by atoms with Crippen molar-refractivity contribution in [2.24, 2.45) is 0 Å². The summed E-state index contributed by atoms with van der Waals surface area (Å²) in [4.78, 5) is 11.8. The fourth-order valence-electron chi connectivity index (χ4n) is 4.65. The summed E-state index contributed by atoms with van der Waals surface area (Å²) in [6.45, 7) is 4.62. The molecule has 9 nitrogen and oxygen atoms in total. The van der Waals surface area contributed by atoms with Crippen LogP contribution >= 0.6 is 11.3 Å². The minimum absolute atomic E-state index is 0.0111. The SMILES string of the molecule is CC(C)S(=O)(=O)N1C[C@@H]2C[C@@H]1CN2c1nc(Nc2cc(C3CC3)[nH]n2)c2sccc2n1. The Morgan fingerprint density at radius 2 is 2.06 bits per heavy atom. The first-order chi connectivity index (χ1) is 14.9. The first-order valence-corrected chi connectivity index (χ1v) is 13.1. The normalized spacial score (nSPS) is 24.0. The van der Waals surface area contributed by atoms with Crippen LogP contribution in [0.15, 0.2) is 17.5 Å². The van der Waals surface area contributed by atoms with Crippen molar-refractivity contribution >= 4 is 49.2 Å². The van der Waals surface area contributed by atoms with Gasteiger partial charge in [0.15, 0.2) is 11.6 Å². The monoisotopic (exact) mass is 459 g/mol. The molecule has 2 atom stereocenters. The molecule has 3 aromatic rings. The molecule has 2 saturated heterocycles. The molecule has 3 aliphatic rings. The molecule has 3 aromatic heterocycles. The van der Waals surface area contributed by atoms with Crippen molar-refractivity contribution in [2.75, 3.05) is 23.3 Å². The summed E-state index contributed by atoms with van der Waals surface area (Å²) in [5.74, 6) is 2.77. The van der Waals surface area contributed by atoms with Crippen LogP contribution in [0.1, 0.15) is 44.7 Å². The van der Waals surface area contributed by atoms with Gasteiger partial charge in [0.05, 0.1) is 15.5 Å². The predicted octanol–water partition coefficient (Wildman–Crippen LogP) is 3.04. The molecule has 2 aliphatic heterocycles. The second-order valence-electron chi connectivity index (χ2n) is 8.97. The summed E-state index contributed by atoms with van der Waals surface area (Å²) in [6.07, 6.45) is 3.26. The summed E-state index contributed by atoms with van der Waals surface area (Å²) in [5, 5.41) is 12.5. The van der Waals surface area contributed by atoms with E-state index < -0.39 is 15.3 Å². The number of hydrogen-bond donors (Lipinski definition) is 2. The van der Waals surface area contributed by atoms with Gasteiger partial charge in [0.25, 0.3) is 0 Å². The number of anilines is 3. The largest absolute Gasteiger partial charge is 0.335 e. The lowest BCUT2D eigenvalue weighted by atomic mass is 10.2. The quantitative estimate of drug-likeness (QED) is 0.583. The van der Waals surface area contributed by atoms with Crippen molar-refractivity contribution in [3.63, 3.8) is 0 Å². The van der Waals surface area contributed by atoms with Crippen LogP contribution in [-0.2, 0) is 10.0 Å². The molecule has 164 valence electrons. The summed E-state index contributed by atoms with van der Waals surface area (Å²) >= 11 is 1.60. The highest BCUT2D eigenvalue weighted by Crippen LogP contribution is 2.41. The molecular formula is C20H25N7O2S2. The number of H-pyrrole nitrogens is 1. The average molecular weight is 460 g/mol. The molecule has 1 saturated carbocycles. The first kappa shape index (κ1) is 19.4. The third kappa shape index (κ3) is 3.21. The molecule has 0 unspecified atom stereocenters. The number of fused-ring (bicyclic) bond motifs is 3. The fraction of sp³-hybridized carbons (Fsp3) is 0.550. The smallest absolute Gasteiger partial charge is 0.228 e. The molecule has 2 N–H and O–H groups in total. The molecule has 0 radical (unpaired) electrons. The van der Waals surface area contributed by atoms with Gasteiger partial charge in [-0.3, -0.25) is 5.10 Å². The van der Waals surface area contributed by atoms with E-state index in [9.17, 15) is 8.42 Å². The lowest BCUT2D eigenvalue weighted by Gasteiger charge is -2.34. The molecule has 0 aromatic carbocycles. The van der Waals surface area contributed by atoms with Gasteiger partial charge in [-0.2, -0.15) is 14.4 Å². The van der Waals surface area contributed by atoms with E-state index in [1.807, 2.05) is 11.4 Å². The van der Waals surface area contributed by atoms with Crippen LogP contribution in [-0.4, -0.2) is 63.3 Å². The topological polar surface area (TPSA) is 107 Å². The number of aromatic amines is 1. The average Bonchev–Trinajstić information content (AvgIpc) is 3.14. The minimum atomic E-state index is -3.24. The Morgan fingerprint density at radius 1 is 1.23 bits per heavy atom. The Morgan fingerprint density at radius 3 is 2.77 bits per heavy atom. The zero-order valence-electron chi connectivity index (χ0n) is 17.4. The molecule has 2 bridgehead atoms. The van der Waals surface area contributed by atoms with Crippen molar-refractivity contribution in [3.05, 3.63) is 23.2 Å². The van der Waals surface area contributed by atoms with Gasteiger partial charge >= 0.3 is 0 Å². The van der Waals surface area contributed by atoms with Gasteiger partial charge < -0.3 is 10.2 Å². The summed E-state index contributed by atoms with van der Waals surface area (Å²) < 4.78 is 28.0. The molecule has 6 rings (SSSR count). The van der Waals surface area contributed by atoms with E-state index in [0.717, 1.165) is 28.3 Å². The Kier molecular flexibility index (Phi) is 4.31. The minimum Gasteiger partial charge on any atom is -0.335 e. The summed E-state index contributed by atoms with van der Waals surface area (Å²) in [5.41, 5.74) is 2.06. The molecule has 31 heavy (non-hydrogen) atoms. The van der Waals surface area contributed by atoms with Crippen LogP contribution in [0.4, 0.5) is 17.6 Å². The number of nitrogens with one attached hydrogen (secondary N) is 2. The van der Waals surface area contributed by atoms with E-state index in [1.54, 1.807) is 29.5 Å². The number of sulfonamides is 1. The summed E-state index contributed by atoms with van der Waals surface area (Å²) in [6, 6.07) is 4.16. The first-order valence-electron chi connectivity index (χ1n) is 10.7. The van der Waals surface area contributed by atoms with Crippen LogP contribution in [0.2, 0.25) is 0 Å². The Bertz CT molecular complexity index is 1250. The van der Waals surface area contributed by atoms with Gasteiger partial charge in [-0.15, -0.1) is 11.3 Å². The van der Waals surface area contributed by atoms with E-state index in [1.165, 1.54) is 18.5 Å². The van der Waals surface area contributed by atoms with Crippen LogP contribution in [0.25, 0.3) is 10.2 Å². The third-order valence-corrected chi connectivity index (χ3v) is 9.73. The molecule has 0 spiro atoms. The molecule has 11 heteroatoms. The van der Waals surface area contributed by atoms with Gasteiger partial charge in [0.1, 0.15) is 0 Å². The van der Waals surface area contributed by atoms with Crippen LogP contribution in [0, 0.1) is 0 Å². The van der Waals surface area contributed by atoms with E-state index >= 15 is 0 Å². The zero-order valence-corrected chi connectivity index (χ0v) is 19.1. The molecule has 3 fully saturated rings. The van der Waals surface area contributed by atoms with Crippen molar-refractivity contribution in [1.82, 2.24) is 24.5 Å². The van der Waals surface area contributed by atoms with Crippen molar-refractivity contribution in [2.45, 2.75) is 56.4 Å². The Hall–Kier alpha value is -2.24. The van der Waals surface area contributed by atoms with Gasteiger partial charge in [-0.05, 0) is 44.6 Å². The molecule has 0 amide bonds. The standard InChI is InChI=1S/C20H25N7O2S2/c1-11(2)31(28,29)27-10-13-7-14(27)9-26(13)20-21-15-5-6-30-18(15)19(23-20)22-17-8-16(24-25-17)12-3-4-12/h5-6,8,11-14H,3-4,7,9-10H2,1-2H3,(H2,21,22,23,24,25)/t13-,14+/m0/s1. The van der Waals surface area contributed by atoms with E-state index in [-0.39, 0.29) is 12.1 Å². The number of hydrogen-bond acceptors (Lipinski definition) is 8. The maximum Gasteiger partial charge on any atom is 0.228 e. The highest BCUT2D eigenvalue weighted by Gasteiger charge is 2.49. The maximum absolute atomic E-state index is 12.7. The lowest BCUT2D eigenvalue weighted by Crippen LogP contribution is -2.50. The zero-order chi connectivity index (χ0) is 21.3. The number of piperazine rings is 1. The second-order valence-corrected chi connectivity index (χ2v) is 12.3. The highest BCUT2D eigenvalue weighted by atomic mass is 32.2. The van der Waals surface area contributed by atoms with Crippen molar-refractivity contribution < 1.29 is 8.42 Å². The van der Waals surface area contributed by atoms with Crippen molar-refractivity contribution in [1.29, 1.82) is 0 Å². The van der Waals surface area contributed by atoms with E-state index in [0.29, 0.717) is 25.0 Å². The molecule has 1 aliphatic carbocycles. The second kappa shape index (κ2) is 6.88. The lowest BCUT2D eigenvalue weighted by molar-refractivity contribution is 0.363. The number of thiophene rings is 1. The summed E-state index contributed by atoms with van der Waals surface area (Å²) in [7, 11) is -3.24. The van der Waals surface area contributed by atoms with Gasteiger partial charge in [0.2, 0.25) is 16.0 Å². The third-order valence-electron chi connectivity index (χ3n) is 6.52. The van der Waals surface area contributed by atoms with Gasteiger partial charge in [-0.1, -0.05) is 0 Å². The number of nitrogens with zero attached hydrogens (tertiary/aromatic N) is 5. The van der Waals surface area contributed by atoms with Crippen LogP contribution in [0.3, 0.4) is 0 Å². The number of aromatic nitrogens is 4. The van der Waals surface area contributed by atoms with Crippen molar-refractivity contribution in [3.8, 4) is 0 Å². The van der Waals surface area contributed by atoms with E-state index in [4.69, 9.17) is 9.97 Å². The predicted molar refractivity (Wildman–Crippen MR) is 122 cm³/mol. The van der Waals surface area contributed by atoms with Gasteiger partial charge in [-0.25, -0.2) is 13.4 Å². The van der Waals surface area contributed by atoms with E-state index in [2.05, 4.69) is 26.5 Å².